The van der Waals surface area contributed by atoms with Crippen LogP contribution in [-0.4, -0.2) is 24.7 Å². The monoisotopic (exact) mass is 95.1 g/mol. The fourth-order valence-electron chi connectivity index (χ4n) is 0.407. The molecule has 0 aromatic heterocycles. The molecule has 0 N–H and O–H groups in total. The largest absolute Gasteiger partial charge is 0.373 e. The van der Waals surface area contributed by atoms with Crippen molar-refractivity contribution < 1.29 is 0 Å². The lowest BCUT2D eigenvalue weighted by molar-refractivity contribution is 0.519. The summed E-state index contributed by atoms with van der Waals surface area (Å²) in [4.78, 5) is 5.76. The van der Waals surface area contributed by atoms with Gasteiger partial charge in [-0.3, -0.25) is 4.99 Å². The Hall–Kier alpha value is -0.790. The standard InChI is InChI=1S/C5H7N2/c1-7-4-2-6-3-5-7/h2,5H,4H2,1H3. The first-order valence-corrected chi connectivity index (χ1v) is 2.20. The quantitative estimate of drug-likeness (QED) is 0.422. The van der Waals surface area contributed by atoms with Crippen molar-refractivity contribution in [3.8, 4) is 0 Å². The summed E-state index contributed by atoms with van der Waals surface area (Å²) in [7, 11) is 1.98. The highest BCUT2D eigenvalue weighted by molar-refractivity contribution is 5.61. The van der Waals surface area contributed by atoms with Gasteiger partial charge < -0.3 is 4.90 Å². The van der Waals surface area contributed by atoms with Gasteiger partial charge in [0.1, 0.15) is 6.20 Å². The molecule has 0 atom stereocenters. The third-order valence-electron chi connectivity index (χ3n) is 0.814. The molecule has 1 radical (unpaired) electrons. The molecule has 0 spiro atoms. The zero-order chi connectivity index (χ0) is 5.11. The first kappa shape index (κ1) is 4.37. The van der Waals surface area contributed by atoms with Crippen LogP contribution in [0.15, 0.2) is 11.2 Å². The summed E-state index contributed by atoms with van der Waals surface area (Å²) < 4.78 is 0. The maximum absolute atomic E-state index is 3.76. The van der Waals surface area contributed by atoms with E-state index in [1.165, 1.54) is 0 Å². The van der Waals surface area contributed by atoms with E-state index in [4.69, 9.17) is 0 Å². The SMILES string of the molecule is CN1C=[C]N=CC1. The number of rotatable bonds is 0. The van der Waals surface area contributed by atoms with Crippen LogP contribution < -0.4 is 0 Å². The molecule has 2 heteroatoms. The Morgan fingerprint density at radius 3 is 3.00 bits per heavy atom. The molecular weight excluding hydrogens is 88.1 g/mol. The van der Waals surface area contributed by atoms with Crippen LogP contribution in [0.1, 0.15) is 0 Å². The molecule has 1 heterocycles. The first-order valence-electron chi connectivity index (χ1n) is 2.20. The van der Waals surface area contributed by atoms with Gasteiger partial charge in [0.05, 0.1) is 6.54 Å². The summed E-state index contributed by atoms with van der Waals surface area (Å²) in [5.74, 6) is 0. The first-order chi connectivity index (χ1) is 3.39. The van der Waals surface area contributed by atoms with Crippen molar-refractivity contribution in [3.05, 3.63) is 12.4 Å². The molecule has 0 aromatic carbocycles. The Bertz CT molecular complexity index is 105. The molecule has 0 saturated heterocycles. The van der Waals surface area contributed by atoms with Gasteiger partial charge in [-0.1, -0.05) is 0 Å². The van der Waals surface area contributed by atoms with Crippen LogP contribution in [0.25, 0.3) is 0 Å². The van der Waals surface area contributed by atoms with Crippen LogP contribution in [0.4, 0.5) is 0 Å². The second-order valence-electron chi connectivity index (χ2n) is 1.51. The Balaban J connectivity index is 2.49. The molecule has 2 nitrogen and oxygen atoms in total. The second kappa shape index (κ2) is 1.78. The van der Waals surface area contributed by atoms with Gasteiger partial charge in [-0.15, -0.1) is 0 Å². The molecule has 7 heavy (non-hydrogen) atoms. The molecule has 0 amide bonds. The molecule has 0 bridgehead atoms. The predicted octanol–water partition coefficient (Wildman–Crippen LogP) is 0.277. The lowest BCUT2D eigenvalue weighted by atomic mass is 10.6. The van der Waals surface area contributed by atoms with E-state index >= 15 is 0 Å². The van der Waals surface area contributed by atoms with E-state index < -0.39 is 0 Å². The van der Waals surface area contributed by atoms with Crippen molar-refractivity contribution in [3.63, 3.8) is 0 Å². The van der Waals surface area contributed by atoms with E-state index in [0.717, 1.165) is 6.54 Å². The minimum absolute atomic E-state index is 0.910. The molecule has 0 aromatic rings. The van der Waals surface area contributed by atoms with Crippen molar-refractivity contribution >= 4 is 6.21 Å². The predicted molar refractivity (Wildman–Crippen MR) is 28.9 cm³/mol. The maximum Gasteiger partial charge on any atom is 0.106 e. The van der Waals surface area contributed by atoms with Gasteiger partial charge >= 0.3 is 0 Å². The van der Waals surface area contributed by atoms with Gasteiger partial charge in [-0.2, -0.15) is 0 Å². The molecule has 0 fully saturated rings. The number of hydrogen-bond acceptors (Lipinski definition) is 2. The van der Waals surface area contributed by atoms with E-state index in [2.05, 4.69) is 11.2 Å². The minimum atomic E-state index is 0.910. The summed E-state index contributed by atoms with van der Waals surface area (Å²) in [6, 6.07) is 0. The van der Waals surface area contributed by atoms with E-state index in [-0.39, 0.29) is 0 Å². The van der Waals surface area contributed by atoms with Crippen LogP contribution in [0.2, 0.25) is 0 Å². The Kier molecular flexibility index (Phi) is 1.11. The molecule has 0 saturated carbocycles. The lowest BCUT2D eigenvalue weighted by Gasteiger charge is -2.10. The van der Waals surface area contributed by atoms with E-state index in [9.17, 15) is 0 Å². The zero-order valence-electron chi connectivity index (χ0n) is 4.26. The van der Waals surface area contributed by atoms with Gasteiger partial charge in [0.15, 0.2) is 0 Å². The molecule has 1 rings (SSSR count). The lowest BCUT2D eigenvalue weighted by Crippen LogP contribution is -2.15. The van der Waals surface area contributed by atoms with E-state index in [0.29, 0.717) is 0 Å². The van der Waals surface area contributed by atoms with Gasteiger partial charge in [0.2, 0.25) is 0 Å². The highest BCUT2D eigenvalue weighted by Crippen LogP contribution is 1.86. The summed E-state index contributed by atoms with van der Waals surface area (Å²) in [5, 5.41) is 0. The summed E-state index contributed by atoms with van der Waals surface area (Å²) in [6.07, 6.45) is 6.34. The average Bonchev–Trinajstić information content (AvgIpc) is 1.69. The third kappa shape index (κ3) is 1.03. The van der Waals surface area contributed by atoms with E-state index in [1.54, 1.807) is 0 Å². The highest BCUT2D eigenvalue weighted by Gasteiger charge is 1.88. The molecular formula is C5H7N2. The zero-order valence-corrected chi connectivity index (χ0v) is 4.26. The number of nitrogens with zero attached hydrogens (tertiary/aromatic N) is 2. The Morgan fingerprint density at radius 1 is 1.86 bits per heavy atom. The fraction of sp³-hybridized carbons (Fsp3) is 0.400. The van der Waals surface area contributed by atoms with Crippen LogP contribution >= 0.6 is 0 Å². The topological polar surface area (TPSA) is 15.6 Å². The maximum atomic E-state index is 3.76. The van der Waals surface area contributed by atoms with Crippen LogP contribution in [0.3, 0.4) is 0 Å². The van der Waals surface area contributed by atoms with Crippen molar-refractivity contribution in [2.24, 2.45) is 4.99 Å². The molecule has 1 aliphatic rings. The van der Waals surface area contributed by atoms with Crippen LogP contribution in [0, 0.1) is 6.20 Å². The molecule has 0 aliphatic carbocycles. The molecule has 37 valence electrons. The van der Waals surface area contributed by atoms with E-state index in [1.807, 2.05) is 24.4 Å². The van der Waals surface area contributed by atoms with Crippen LogP contribution in [0.5, 0.6) is 0 Å². The summed E-state index contributed by atoms with van der Waals surface area (Å²) >= 11 is 0. The number of aliphatic imine (C=N–C) groups is 1. The second-order valence-corrected chi connectivity index (χ2v) is 1.51. The van der Waals surface area contributed by atoms with Crippen molar-refractivity contribution in [2.45, 2.75) is 0 Å². The van der Waals surface area contributed by atoms with Gasteiger partial charge in [0, 0.05) is 19.5 Å². The molecule has 1 aliphatic heterocycles. The normalized spacial score (nSPS) is 18.1. The molecule has 0 unspecified atom stereocenters. The smallest absolute Gasteiger partial charge is 0.106 e. The Morgan fingerprint density at radius 2 is 2.71 bits per heavy atom. The van der Waals surface area contributed by atoms with Crippen molar-refractivity contribution in [1.29, 1.82) is 0 Å². The Labute approximate surface area is 43.2 Å². The summed E-state index contributed by atoms with van der Waals surface area (Å²) in [5.41, 5.74) is 0. The summed E-state index contributed by atoms with van der Waals surface area (Å²) in [6.45, 7) is 0.910. The van der Waals surface area contributed by atoms with Gasteiger partial charge in [-0.25, -0.2) is 0 Å². The highest BCUT2D eigenvalue weighted by atomic mass is 15.1. The average molecular weight is 95.1 g/mol. The van der Waals surface area contributed by atoms with Crippen molar-refractivity contribution in [2.75, 3.05) is 13.6 Å². The van der Waals surface area contributed by atoms with Crippen LogP contribution in [-0.2, 0) is 0 Å². The fourth-order valence-corrected chi connectivity index (χ4v) is 0.407. The van der Waals surface area contributed by atoms with Gasteiger partial charge in [0.25, 0.3) is 0 Å². The van der Waals surface area contributed by atoms with Gasteiger partial charge in [-0.05, 0) is 0 Å². The minimum Gasteiger partial charge on any atom is -0.373 e. The third-order valence-corrected chi connectivity index (χ3v) is 0.814. The van der Waals surface area contributed by atoms with Crippen molar-refractivity contribution in [1.82, 2.24) is 4.90 Å². The number of hydrogen-bond donors (Lipinski definition) is 0.